The van der Waals surface area contributed by atoms with Crippen LogP contribution < -0.4 is 11.1 Å². The van der Waals surface area contributed by atoms with Gasteiger partial charge in [0.05, 0.1) is 0 Å². The number of amides is 2. The quantitative estimate of drug-likeness (QED) is 0.783. The molecule has 1 rings (SSSR count). The molecule has 5 heteroatoms. The minimum absolute atomic E-state index is 0.0240. The van der Waals surface area contributed by atoms with Crippen molar-refractivity contribution in [1.29, 1.82) is 0 Å². The van der Waals surface area contributed by atoms with E-state index in [0.29, 0.717) is 12.1 Å². The average Bonchev–Trinajstić information content (AvgIpc) is 2.41. The number of rotatable bonds is 6. The van der Waals surface area contributed by atoms with Gasteiger partial charge in [0.2, 0.25) is 11.8 Å². The molecule has 1 aromatic carbocycles. The summed E-state index contributed by atoms with van der Waals surface area (Å²) in [7, 11) is 0. The Morgan fingerprint density at radius 1 is 1.05 bits per heavy atom. The van der Waals surface area contributed by atoms with E-state index >= 15 is 0 Å². The monoisotopic (exact) mass is 290 g/mol. The van der Waals surface area contributed by atoms with Crippen LogP contribution in [-0.2, 0) is 16.1 Å². The molecule has 0 aliphatic heterocycles. The second kappa shape index (κ2) is 7.02. The van der Waals surface area contributed by atoms with Crippen molar-refractivity contribution in [2.45, 2.75) is 40.2 Å². The zero-order chi connectivity index (χ0) is 16.0. The van der Waals surface area contributed by atoms with Gasteiger partial charge in [0.1, 0.15) is 0 Å². The molecule has 0 bridgehead atoms. The van der Waals surface area contributed by atoms with E-state index in [9.17, 15) is 14.4 Å². The molecule has 0 atom stereocenters. The standard InChI is InChI=1S/C16H22N2O3/c1-16(2,3)15(21)18-10-11-4-6-12(7-5-11)13(19)8-9-14(17)20/h4-7H,8-10H2,1-3H3,(H2,17,20)(H,18,21). The van der Waals surface area contributed by atoms with Crippen molar-refractivity contribution in [1.82, 2.24) is 5.32 Å². The highest BCUT2D eigenvalue weighted by Gasteiger charge is 2.20. The molecule has 114 valence electrons. The van der Waals surface area contributed by atoms with E-state index in [1.165, 1.54) is 0 Å². The van der Waals surface area contributed by atoms with Crippen molar-refractivity contribution in [3.63, 3.8) is 0 Å². The highest BCUT2D eigenvalue weighted by molar-refractivity contribution is 5.97. The number of hydrogen-bond acceptors (Lipinski definition) is 3. The molecule has 0 aliphatic rings. The molecule has 0 spiro atoms. The molecule has 0 radical (unpaired) electrons. The van der Waals surface area contributed by atoms with Crippen LogP contribution in [0, 0.1) is 5.41 Å². The van der Waals surface area contributed by atoms with Gasteiger partial charge >= 0.3 is 0 Å². The third-order valence-corrected chi connectivity index (χ3v) is 3.01. The van der Waals surface area contributed by atoms with E-state index < -0.39 is 11.3 Å². The Hall–Kier alpha value is -2.17. The predicted molar refractivity (Wildman–Crippen MR) is 80.5 cm³/mol. The maximum absolute atomic E-state index is 11.8. The Morgan fingerprint density at radius 3 is 2.10 bits per heavy atom. The van der Waals surface area contributed by atoms with Gasteiger partial charge in [-0.3, -0.25) is 14.4 Å². The van der Waals surface area contributed by atoms with E-state index in [1.54, 1.807) is 24.3 Å². The van der Waals surface area contributed by atoms with Gasteiger partial charge in [0, 0.05) is 30.4 Å². The summed E-state index contributed by atoms with van der Waals surface area (Å²) in [5.41, 5.74) is 6.05. The fraction of sp³-hybridized carbons (Fsp3) is 0.438. The smallest absolute Gasteiger partial charge is 0.225 e. The molecule has 21 heavy (non-hydrogen) atoms. The Morgan fingerprint density at radius 2 is 1.62 bits per heavy atom. The lowest BCUT2D eigenvalue weighted by Gasteiger charge is -2.17. The van der Waals surface area contributed by atoms with Crippen molar-refractivity contribution in [2.24, 2.45) is 11.1 Å². The largest absolute Gasteiger partial charge is 0.370 e. The third-order valence-electron chi connectivity index (χ3n) is 3.01. The Bertz CT molecular complexity index is 527. The minimum atomic E-state index is -0.482. The van der Waals surface area contributed by atoms with Crippen molar-refractivity contribution < 1.29 is 14.4 Å². The number of carbonyl (C=O) groups is 3. The van der Waals surface area contributed by atoms with Crippen molar-refractivity contribution in [2.75, 3.05) is 0 Å². The number of nitrogens with two attached hydrogens (primary N) is 1. The second-order valence-corrected chi connectivity index (χ2v) is 6.02. The van der Waals surface area contributed by atoms with Crippen LogP contribution >= 0.6 is 0 Å². The summed E-state index contributed by atoms with van der Waals surface area (Å²) in [5, 5.41) is 2.84. The molecular weight excluding hydrogens is 268 g/mol. The zero-order valence-corrected chi connectivity index (χ0v) is 12.7. The van der Waals surface area contributed by atoms with Gasteiger partial charge in [-0.25, -0.2) is 0 Å². The Kier molecular flexibility index (Phi) is 5.64. The number of carbonyl (C=O) groups excluding carboxylic acids is 3. The third kappa shape index (κ3) is 5.77. The molecule has 0 unspecified atom stereocenters. The van der Waals surface area contributed by atoms with Gasteiger partial charge < -0.3 is 11.1 Å². The van der Waals surface area contributed by atoms with Gasteiger partial charge in [0.25, 0.3) is 0 Å². The first kappa shape index (κ1) is 16.9. The van der Waals surface area contributed by atoms with Crippen LogP contribution in [-0.4, -0.2) is 17.6 Å². The van der Waals surface area contributed by atoms with Crippen LogP contribution in [0.1, 0.15) is 49.5 Å². The van der Waals surface area contributed by atoms with E-state index in [-0.39, 0.29) is 24.5 Å². The predicted octanol–water partition coefficient (Wildman–Crippen LogP) is 1.80. The normalized spacial score (nSPS) is 11.0. The summed E-state index contributed by atoms with van der Waals surface area (Å²) in [6.45, 7) is 5.97. The summed E-state index contributed by atoms with van der Waals surface area (Å²) < 4.78 is 0. The molecule has 0 fully saturated rings. The van der Waals surface area contributed by atoms with Crippen LogP contribution in [0.2, 0.25) is 0 Å². The lowest BCUT2D eigenvalue weighted by atomic mass is 9.95. The van der Waals surface area contributed by atoms with E-state index in [0.717, 1.165) is 5.56 Å². The highest BCUT2D eigenvalue weighted by atomic mass is 16.2. The number of hydrogen-bond donors (Lipinski definition) is 2. The highest BCUT2D eigenvalue weighted by Crippen LogP contribution is 2.13. The zero-order valence-electron chi connectivity index (χ0n) is 12.7. The topological polar surface area (TPSA) is 89.3 Å². The lowest BCUT2D eigenvalue weighted by molar-refractivity contribution is -0.128. The maximum atomic E-state index is 11.8. The number of ketones is 1. The summed E-state index contributed by atoms with van der Waals surface area (Å²) in [6.07, 6.45) is 0.178. The van der Waals surface area contributed by atoms with Gasteiger partial charge in [-0.2, -0.15) is 0 Å². The van der Waals surface area contributed by atoms with Gasteiger partial charge in [0.15, 0.2) is 5.78 Å². The minimum Gasteiger partial charge on any atom is -0.370 e. The number of benzene rings is 1. The number of Topliss-reactive ketones (excluding diaryl/α,β-unsaturated/α-hetero) is 1. The molecule has 0 saturated carbocycles. The molecular formula is C16H22N2O3. The first-order valence-electron chi connectivity index (χ1n) is 6.89. The summed E-state index contributed by atoms with van der Waals surface area (Å²) >= 11 is 0. The van der Waals surface area contributed by atoms with Crippen molar-refractivity contribution >= 4 is 17.6 Å². The molecule has 0 saturated heterocycles. The Balaban J connectivity index is 2.56. The maximum Gasteiger partial charge on any atom is 0.225 e. The fourth-order valence-corrected chi connectivity index (χ4v) is 1.64. The van der Waals surface area contributed by atoms with E-state index in [4.69, 9.17) is 5.73 Å². The molecule has 3 N–H and O–H groups in total. The summed E-state index contributed by atoms with van der Waals surface area (Å²) in [6, 6.07) is 6.98. The van der Waals surface area contributed by atoms with E-state index in [2.05, 4.69) is 5.32 Å². The molecule has 1 aromatic rings. The van der Waals surface area contributed by atoms with E-state index in [1.807, 2.05) is 20.8 Å². The van der Waals surface area contributed by atoms with Gasteiger partial charge in [-0.15, -0.1) is 0 Å². The lowest BCUT2D eigenvalue weighted by Crippen LogP contribution is -2.34. The molecule has 2 amide bonds. The number of primary amides is 1. The SMILES string of the molecule is CC(C)(C)C(=O)NCc1ccc(C(=O)CCC(N)=O)cc1. The van der Waals surface area contributed by atoms with Crippen molar-refractivity contribution in [3.8, 4) is 0 Å². The molecule has 0 heterocycles. The number of nitrogens with one attached hydrogen (secondary N) is 1. The first-order chi connectivity index (χ1) is 9.70. The van der Waals surface area contributed by atoms with Crippen LogP contribution in [0.3, 0.4) is 0 Å². The van der Waals surface area contributed by atoms with Crippen LogP contribution in [0.15, 0.2) is 24.3 Å². The van der Waals surface area contributed by atoms with Crippen molar-refractivity contribution in [3.05, 3.63) is 35.4 Å². The van der Waals surface area contributed by atoms with Gasteiger partial charge in [-0.05, 0) is 5.56 Å². The summed E-state index contributed by atoms with van der Waals surface area (Å²) in [5.74, 6) is -0.618. The Labute approximate surface area is 124 Å². The van der Waals surface area contributed by atoms with Crippen LogP contribution in [0.25, 0.3) is 0 Å². The average molecular weight is 290 g/mol. The summed E-state index contributed by atoms with van der Waals surface area (Å²) in [4.78, 5) is 34.2. The fourth-order valence-electron chi connectivity index (χ4n) is 1.64. The molecule has 0 aromatic heterocycles. The molecule has 0 aliphatic carbocycles. The van der Waals surface area contributed by atoms with Crippen LogP contribution in [0.4, 0.5) is 0 Å². The second-order valence-electron chi connectivity index (χ2n) is 6.02. The first-order valence-corrected chi connectivity index (χ1v) is 6.89. The van der Waals surface area contributed by atoms with Gasteiger partial charge in [-0.1, -0.05) is 45.0 Å². The van der Waals surface area contributed by atoms with Crippen LogP contribution in [0.5, 0.6) is 0 Å². The molecule has 5 nitrogen and oxygen atoms in total.